The molecule has 2 aromatic rings. The van der Waals surface area contributed by atoms with Gasteiger partial charge in [0.1, 0.15) is 11.6 Å². The predicted octanol–water partition coefficient (Wildman–Crippen LogP) is 3.10. The van der Waals surface area contributed by atoms with Gasteiger partial charge in [-0.25, -0.2) is 18.8 Å². The summed E-state index contributed by atoms with van der Waals surface area (Å²) in [7, 11) is 1.79. The van der Waals surface area contributed by atoms with Gasteiger partial charge < -0.3 is 10.5 Å². The maximum Gasteiger partial charge on any atom is 0.255 e. The van der Waals surface area contributed by atoms with Crippen molar-refractivity contribution in [3.05, 3.63) is 53.7 Å². The lowest BCUT2D eigenvalue weighted by Crippen LogP contribution is -2.33. The Bertz CT molecular complexity index is 756. The van der Waals surface area contributed by atoms with Gasteiger partial charge in [0.25, 0.3) is 5.88 Å². The third-order valence-corrected chi connectivity index (χ3v) is 4.34. The zero-order chi connectivity index (χ0) is 16.4. The van der Waals surface area contributed by atoms with Gasteiger partial charge in [0, 0.05) is 24.6 Å². The molecule has 0 amide bonds. The summed E-state index contributed by atoms with van der Waals surface area (Å²) < 4.78 is 34.8. The first-order chi connectivity index (χ1) is 11.0. The van der Waals surface area contributed by atoms with E-state index in [2.05, 4.69) is 9.98 Å². The summed E-state index contributed by atoms with van der Waals surface area (Å²) in [6.45, 7) is 0. The SMILES string of the molecule is CN1SCC(c2cc(Oc3ncccc3F)ccc2F)N=C1N. The number of hydrogen-bond acceptors (Lipinski definition) is 6. The molecule has 1 aromatic heterocycles. The highest BCUT2D eigenvalue weighted by atomic mass is 32.2. The van der Waals surface area contributed by atoms with E-state index in [0.29, 0.717) is 17.3 Å². The van der Waals surface area contributed by atoms with Crippen molar-refractivity contribution in [2.75, 3.05) is 12.8 Å². The highest BCUT2D eigenvalue weighted by molar-refractivity contribution is 7.97. The van der Waals surface area contributed by atoms with Crippen molar-refractivity contribution < 1.29 is 13.5 Å². The quantitative estimate of drug-likeness (QED) is 0.873. The maximum atomic E-state index is 14.1. The molecule has 0 fully saturated rings. The van der Waals surface area contributed by atoms with E-state index in [9.17, 15) is 8.78 Å². The minimum Gasteiger partial charge on any atom is -0.436 e. The van der Waals surface area contributed by atoms with Gasteiger partial charge in [0.05, 0.1) is 6.04 Å². The Morgan fingerprint density at radius 2 is 2.13 bits per heavy atom. The summed E-state index contributed by atoms with van der Waals surface area (Å²) in [6, 6.07) is 6.46. The van der Waals surface area contributed by atoms with Crippen LogP contribution in [0.15, 0.2) is 41.5 Å². The molecule has 0 saturated heterocycles. The first kappa shape index (κ1) is 15.5. The number of guanidine groups is 1. The van der Waals surface area contributed by atoms with E-state index < -0.39 is 17.7 Å². The zero-order valence-corrected chi connectivity index (χ0v) is 13.1. The topological polar surface area (TPSA) is 63.7 Å². The molecule has 1 unspecified atom stereocenters. The van der Waals surface area contributed by atoms with Crippen molar-refractivity contribution in [3.8, 4) is 11.6 Å². The molecular weight excluding hydrogens is 322 g/mol. The van der Waals surface area contributed by atoms with Crippen LogP contribution in [0.2, 0.25) is 0 Å². The standard InChI is InChI=1S/C15H14F2N4OS/c1-21-15(18)20-13(8-23-21)10-7-9(4-5-11(10)16)22-14-12(17)3-2-6-19-14/h2-7,13H,8H2,1H3,(H2,18,20). The van der Waals surface area contributed by atoms with Crippen LogP contribution in [0, 0.1) is 11.6 Å². The van der Waals surface area contributed by atoms with Gasteiger partial charge >= 0.3 is 0 Å². The number of nitrogens with zero attached hydrogens (tertiary/aromatic N) is 3. The van der Waals surface area contributed by atoms with Crippen LogP contribution in [-0.2, 0) is 0 Å². The van der Waals surface area contributed by atoms with Crippen LogP contribution in [0.3, 0.4) is 0 Å². The van der Waals surface area contributed by atoms with Gasteiger partial charge in [-0.15, -0.1) is 0 Å². The van der Waals surface area contributed by atoms with Gasteiger partial charge in [0.2, 0.25) is 5.96 Å². The van der Waals surface area contributed by atoms with Crippen LogP contribution in [-0.4, -0.2) is 28.0 Å². The number of aliphatic imine (C=N–C) groups is 1. The zero-order valence-electron chi connectivity index (χ0n) is 12.2. The fraction of sp³-hybridized carbons (Fsp3) is 0.200. The van der Waals surface area contributed by atoms with Gasteiger partial charge in [-0.2, -0.15) is 0 Å². The first-order valence-electron chi connectivity index (χ1n) is 6.82. The smallest absolute Gasteiger partial charge is 0.255 e. The number of rotatable bonds is 3. The lowest BCUT2D eigenvalue weighted by atomic mass is 10.1. The monoisotopic (exact) mass is 336 g/mol. The van der Waals surface area contributed by atoms with Crippen molar-refractivity contribution in [1.29, 1.82) is 0 Å². The minimum atomic E-state index is -0.588. The van der Waals surface area contributed by atoms with E-state index in [4.69, 9.17) is 10.5 Å². The Hall–Kier alpha value is -2.35. The minimum absolute atomic E-state index is 0.161. The molecule has 1 aromatic carbocycles. The van der Waals surface area contributed by atoms with Crippen LogP contribution in [0.25, 0.3) is 0 Å². The number of ether oxygens (including phenoxy) is 1. The van der Waals surface area contributed by atoms with Crippen molar-refractivity contribution in [2.45, 2.75) is 6.04 Å². The molecule has 120 valence electrons. The third-order valence-electron chi connectivity index (χ3n) is 3.30. The number of aromatic nitrogens is 1. The highest BCUT2D eigenvalue weighted by Crippen LogP contribution is 2.33. The summed E-state index contributed by atoms with van der Waals surface area (Å²) in [5.74, 6) is 0.00602. The molecule has 1 atom stereocenters. The average molecular weight is 336 g/mol. The highest BCUT2D eigenvalue weighted by Gasteiger charge is 2.23. The molecule has 2 N–H and O–H groups in total. The summed E-state index contributed by atoms with van der Waals surface area (Å²) >= 11 is 1.45. The second-order valence-electron chi connectivity index (χ2n) is 4.87. The van der Waals surface area contributed by atoms with Crippen molar-refractivity contribution in [1.82, 2.24) is 9.29 Å². The summed E-state index contributed by atoms with van der Waals surface area (Å²) in [4.78, 5) is 8.09. The van der Waals surface area contributed by atoms with E-state index in [0.717, 1.165) is 0 Å². The Morgan fingerprint density at radius 1 is 1.30 bits per heavy atom. The Balaban J connectivity index is 1.89. The largest absolute Gasteiger partial charge is 0.436 e. The molecule has 0 aliphatic carbocycles. The van der Waals surface area contributed by atoms with Crippen LogP contribution in [0.4, 0.5) is 8.78 Å². The number of hydrogen-bond donors (Lipinski definition) is 1. The Kier molecular flexibility index (Phi) is 4.33. The fourth-order valence-electron chi connectivity index (χ4n) is 2.08. The third kappa shape index (κ3) is 3.37. The number of pyridine rings is 1. The summed E-state index contributed by atoms with van der Waals surface area (Å²) in [5.41, 5.74) is 6.13. The molecule has 1 aliphatic rings. The van der Waals surface area contributed by atoms with Gasteiger partial charge in [-0.3, -0.25) is 4.31 Å². The summed E-state index contributed by atoms with van der Waals surface area (Å²) in [5, 5.41) is 0. The predicted molar refractivity (Wildman–Crippen MR) is 85.3 cm³/mol. The van der Waals surface area contributed by atoms with Crippen LogP contribution >= 0.6 is 11.9 Å². The second-order valence-corrected chi connectivity index (χ2v) is 6.01. The van der Waals surface area contributed by atoms with E-state index >= 15 is 0 Å². The molecule has 2 heterocycles. The van der Waals surface area contributed by atoms with Crippen LogP contribution < -0.4 is 10.5 Å². The fourth-order valence-corrected chi connectivity index (χ4v) is 2.88. The maximum absolute atomic E-state index is 14.1. The molecule has 5 nitrogen and oxygen atoms in total. The van der Waals surface area contributed by atoms with E-state index in [-0.39, 0.29) is 11.6 Å². The van der Waals surface area contributed by atoms with E-state index in [1.807, 2.05) is 0 Å². The molecular formula is C15H14F2N4OS. The first-order valence-corrected chi connectivity index (χ1v) is 7.76. The Labute approximate surface area is 136 Å². The lowest BCUT2D eigenvalue weighted by molar-refractivity contribution is 0.420. The van der Waals surface area contributed by atoms with Crippen LogP contribution in [0.1, 0.15) is 11.6 Å². The van der Waals surface area contributed by atoms with Crippen molar-refractivity contribution in [2.24, 2.45) is 10.7 Å². The van der Waals surface area contributed by atoms with Crippen LogP contribution in [0.5, 0.6) is 11.6 Å². The van der Waals surface area contributed by atoms with E-state index in [1.54, 1.807) is 11.4 Å². The summed E-state index contributed by atoms with van der Waals surface area (Å²) in [6.07, 6.45) is 1.42. The van der Waals surface area contributed by atoms with E-state index in [1.165, 1.54) is 48.5 Å². The molecule has 3 rings (SSSR count). The lowest BCUT2D eigenvalue weighted by Gasteiger charge is -2.26. The normalized spacial score (nSPS) is 17.8. The second kappa shape index (κ2) is 6.41. The molecule has 23 heavy (non-hydrogen) atoms. The number of benzene rings is 1. The average Bonchev–Trinajstić information content (AvgIpc) is 2.54. The molecule has 8 heteroatoms. The number of halogens is 2. The van der Waals surface area contributed by atoms with Gasteiger partial charge in [-0.05, 0) is 42.3 Å². The molecule has 0 saturated carbocycles. The molecule has 0 spiro atoms. The molecule has 1 aliphatic heterocycles. The molecule has 0 radical (unpaired) electrons. The van der Waals surface area contributed by atoms with Gasteiger partial charge in [-0.1, -0.05) is 0 Å². The van der Waals surface area contributed by atoms with Crippen molar-refractivity contribution >= 4 is 17.9 Å². The van der Waals surface area contributed by atoms with Gasteiger partial charge in [0.15, 0.2) is 5.82 Å². The number of nitrogens with two attached hydrogens (primary N) is 1. The molecule has 0 bridgehead atoms. The van der Waals surface area contributed by atoms with Crippen molar-refractivity contribution in [3.63, 3.8) is 0 Å². The Morgan fingerprint density at radius 3 is 2.87 bits per heavy atom.